The lowest BCUT2D eigenvalue weighted by molar-refractivity contribution is -0.138. The van der Waals surface area contributed by atoms with Crippen LogP contribution in [0, 0.1) is 0 Å². The fourth-order valence-corrected chi connectivity index (χ4v) is 2.56. The van der Waals surface area contributed by atoms with Crippen LogP contribution in [0.1, 0.15) is 12.0 Å². The minimum atomic E-state index is -4.48. The number of carbonyl (C=O) groups is 1. The third kappa shape index (κ3) is 2.86. The van der Waals surface area contributed by atoms with Crippen molar-refractivity contribution in [3.05, 3.63) is 23.8 Å². The predicted octanol–water partition coefficient (Wildman–Crippen LogP) is 3.21. The lowest BCUT2D eigenvalue weighted by atomic mass is 10.1. The number of methoxy groups -OCH3 is 1. The van der Waals surface area contributed by atoms with Crippen LogP contribution in [0.15, 0.2) is 18.2 Å². The number of alkyl halides is 4. The second-order valence-electron chi connectivity index (χ2n) is 4.19. The molecule has 0 saturated carbocycles. The Bertz CT molecular complexity index is 504. The highest BCUT2D eigenvalue weighted by atomic mass is 79.9. The first-order valence-corrected chi connectivity index (χ1v) is 6.44. The standard InChI is InChI=1S/C12H11BrF3NO2/c1-19-10-5-8(2-3-9(10)12(14,15)16)17-6-7(13)4-11(17)18/h2-3,5,7H,4,6H2,1H3. The van der Waals surface area contributed by atoms with Gasteiger partial charge in [0.15, 0.2) is 0 Å². The van der Waals surface area contributed by atoms with Gasteiger partial charge >= 0.3 is 6.18 Å². The monoisotopic (exact) mass is 337 g/mol. The van der Waals surface area contributed by atoms with Crippen LogP contribution in [-0.4, -0.2) is 24.4 Å². The highest BCUT2D eigenvalue weighted by molar-refractivity contribution is 9.09. The van der Waals surface area contributed by atoms with Gasteiger partial charge in [-0.15, -0.1) is 0 Å². The Morgan fingerprint density at radius 1 is 1.42 bits per heavy atom. The van der Waals surface area contributed by atoms with E-state index in [-0.39, 0.29) is 16.5 Å². The highest BCUT2D eigenvalue weighted by Crippen LogP contribution is 2.39. The zero-order valence-corrected chi connectivity index (χ0v) is 11.6. The quantitative estimate of drug-likeness (QED) is 0.775. The lowest BCUT2D eigenvalue weighted by Crippen LogP contribution is -2.24. The van der Waals surface area contributed by atoms with E-state index in [2.05, 4.69) is 15.9 Å². The number of halogens is 4. The van der Waals surface area contributed by atoms with Crippen LogP contribution in [0.5, 0.6) is 5.75 Å². The Balaban J connectivity index is 2.37. The Hall–Kier alpha value is -1.24. The molecule has 7 heteroatoms. The molecule has 1 aromatic carbocycles. The second-order valence-corrected chi connectivity index (χ2v) is 5.48. The summed E-state index contributed by atoms with van der Waals surface area (Å²) < 4.78 is 42.9. The van der Waals surface area contributed by atoms with Crippen LogP contribution in [-0.2, 0) is 11.0 Å². The van der Waals surface area contributed by atoms with Crippen molar-refractivity contribution in [2.45, 2.75) is 17.4 Å². The Morgan fingerprint density at radius 2 is 2.11 bits per heavy atom. The molecule has 1 unspecified atom stereocenters. The zero-order chi connectivity index (χ0) is 14.2. The van der Waals surface area contributed by atoms with Crippen LogP contribution >= 0.6 is 15.9 Å². The summed E-state index contributed by atoms with van der Waals surface area (Å²) in [6.45, 7) is 0.438. The van der Waals surface area contributed by atoms with Crippen molar-refractivity contribution in [1.29, 1.82) is 0 Å². The third-order valence-electron chi connectivity index (χ3n) is 2.88. The van der Waals surface area contributed by atoms with E-state index in [1.807, 2.05) is 0 Å². The zero-order valence-electron chi connectivity index (χ0n) is 10.00. The smallest absolute Gasteiger partial charge is 0.419 e. The molecule has 1 amide bonds. The molecule has 3 nitrogen and oxygen atoms in total. The summed E-state index contributed by atoms with van der Waals surface area (Å²) in [6.07, 6.45) is -4.14. The van der Waals surface area contributed by atoms with Crippen molar-refractivity contribution in [3.8, 4) is 5.75 Å². The van der Waals surface area contributed by atoms with Gasteiger partial charge in [0.25, 0.3) is 0 Å². The largest absolute Gasteiger partial charge is 0.496 e. The summed E-state index contributed by atoms with van der Waals surface area (Å²) >= 11 is 3.32. The fraction of sp³-hybridized carbons (Fsp3) is 0.417. The third-order valence-corrected chi connectivity index (χ3v) is 3.49. The number of hydrogen-bond acceptors (Lipinski definition) is 2. The first-order chi connectivity index (χ1) is 8.82. The van der Waals surface area contributed by atoms with Gasteiger partial charge in [-0.25, -0.2) is 0 Å². The maximum Gasteiger partial charge on any atom is 0.419 e. The number of anilines is 1. The van der Waals surface area contributed by atoms with Gasteiger partial charge in [0, 0.05) is 29.5 Å². The van der Waals surface area contributed by atoms with Gasteiger partial charge in [-0.05, 0) is 12.1 Å². The first-order valence-electron chi connectivity index (χ1n) is 5.52. The molecular formula is C12H11BrF3NO2. The van der Waals surface area contributed by atoms with Crippen molar-refractivity contribution in [2.24, 2.45) is 0 Å². The van der Waals surface area contributed by atoms with Crippen molar-refractivity contribution in [3.63, 3.8) is 0 Å². The number of ether oxygens (including phenoxy) is 1. The van der Waals surface area contributed by atoms with Crippen molar-refractivity contribution in [2.75, 3.05) is 18.6 Å². The van der Waals surface area contributed by atoms with Crippen LogP contribution in [0.2, 0.25) is 0 Å². The van der Waals surface area contributed by atoms with Gasteiger partial charge in [0.05, 0.1) is 12.7 Å². The molecule has 0 aliphatic carbocycles. The molecule has 1 aromatic rings. The van der Waals surface area contributed by atoms with E-state index in [0.29, 0.717) is 18.7 Å². The number of benzene rings is 1. The molecule has 1 atom stereocenters. The molecule has 1 heterocycles. The predicted molar refractivity (Wildman–Crippen MR) is 67.7 cm³/mol. The average Bonchev–Trinajstić information content (AvgIpc) is 2.66. The van der Waals surface area contributed by atoms with Crippen LogP contribution in [0.4, 0.5) is 18.9 Å². The van der Waals surface area contributed by atoms with Gasteiger partial charge in [0.1, 0.15) is 5.75 Å². The van der Waals surface area contributed by atoms with E-state index in [1.165, 1.54) is 24.1 Å². The molecule has 1 fully saturated rings. The molecule has 0 radical (unpaired) electrons. The lowest BCUT2D eigenvalue weighted by Gasteiger charge is -2.19. The summed E-state index contributed by atoms with van der Waals surface area (Å²) in [5, 5.41) is 0. The SMILES string of the molecule is COc1cc(N2CC(Br)CC2=O)ccc1C(F)(F)F. The Kier molecular flexibility index (Phi) is 3.75. The molecule has 1 aliphatic rings. The van der Waals surface area contributed by atoms with Crippen molar-refractivity contribution in [1.82, 2.24) is 0 Å². The van der Waals surface area contributed by atoms with Crippen molar-refractivity contribution >= 4 is 27.5 Å². The number of rotatable bonds is 2. The van der Waals surface area contributed by atoms with Gasteiger partial charge < -0.3 is 9.64 Å². The molecule has 19 heavy (non-hydrogen) atoms. The van der Waals surface area contributed by atoms with Gasteiger partial charge in [-0.3, -0.25) is 4.79 Å². The number of amides is 1. The fourth-order valence-electron chi connectivity index (χ4n) is 2.00. The van der Waals surface area contributed by atoms with E-state index >= 15 is 0 Å². The number of hydrogen-bond donors (Lipinski definition) is 0. The molecular weight excluding hydrogens is 327 g/mol. The summed E-state index contributed by atoms with van der Waals surface area (Å²) in [5.41, 5.74) is -0.433. The minimum Gasteiger partial charge on any atom is -0.496 e. The van der Waals surface area contributed by atoms with Gasteiger partial charge in [0.2, 0.25) is 5.91 Å². The Labute approximate surface area is 116 Å². The summed E-state index contributed by atoms with van der Waals surface area (Å²) in [5.74, 6) is -0.403. The maximum atomic E-state index is 12.7. The number of carbonyl (C=O) groups excluding carboxylic acids is 1. The van der Waals surface area contributed by atoms with Gasteiger partial charge in [-0.2, -0.15) is 13.2 Å². The molecule has 0 bridgehead atoms. The topological polar surface area (TPSA) is 29.5 Å². The molecule has 1 saturated heterocycles. The first kappa shape index (κ1) is 14.2. The second kappa shape index (κ2) is 5.03. The summed E-state index contributed by atoms with van der Waals surface area (Å²) in [6, 6.07) is 3.46. The molecule has 0 spiro atoms. The molecule has 0 aromatic heterocycles. The maximum absolute atomic E-state index is 12.7. The number of nitrogens with zero attached hydrogens (tertiary/aromatic N) is 1. The van der Waals surface area contributed by atoms with E-state index < -0.39 is 11.7 Å². The minimum absolute atomic E-state index is 0.0216. The van der Waals surface area contributed by atoms with E-state index in [1.54, 1.807) is 0 Å². The molecule has 0 N–H and O–H groups in total. The normalized spacial score (nSPS) is 19.9. The summed E-state index contributed by atoms with van der Waals surface area (Å²) in [4.78, 5) is 13.2. The molecule has 1 aliphatic heterocycles. The van der Waals surface area contributed by atoms with Crippen molar-refractivity contribution < 1.29 is 22.7 Å². The van der Waals surface area contributed by atoms with Crippen LogP contribution < -0.4 is 9.64 Å². The summed E-state index contributed by atoms with van der Waals surface area (Å²) in [7, 11) is 1.17. The van der Waals surface area contributed by atoms with Gasteiger partial charge in [-0.1, -0.05) is 15.9 Å². The van der Waals surface area contributed by atoms with E-state index in [9.17, 15) is 18.0 Å². The highest BCUT2D eigenvalue weighted by Gasteiger charge is 2.35. The van der Waals surface area contributed by atoms with E-state index in [0.717, 1.165) is 6.07 Å². The van der Waals surface area contributed by atoms with E-state index in [4.69, 9.17) is 4.74 Å². The van der Waals surface area contributed by atoms with Crippen LogP contribution in [0.3, 0.4) is 0 Å². The molecule has 104 valence electrons. The average molecular weight is 338 g/mol. The Morgan fingerprint density at radius 3 is 2.58 bits per heavy atom. The van der Waals surface area contributed by atoms with Crippen LogP contribution in [0.25, 0.3) is 0 Å². The molecule has 2 rings (SSSR count).